The maximum absolute atomic E-state index is 9.74. The van der Waals surface area contributed by atoms with E-state index in [0.717, 1.165) is 25.7 Å². The third-order valence-corrected chi connectivity index (χ3v) is 1.89. The highest BCUT2D eigenvalue weighted by Gasteiger charge is 1.99. The molecule has 1 atom stereocenters. The van der Waals surface area contributed by atoms with E-state index in [-0.39, 0.29) is 6.10 Å². The Balaban J connectivity index is 3.22. The largest absolute Gasteiger partial charge is 0.499 e. The van der Waals surface area contributed by atoms with E-state index in [1.165, 1.54) is 6.08 Å². The van der Waals surface area contributed by atoms with Crippen molar-refractivity contribution >= 4 is 6.08 Å². The molecular formula is C11H19NO2. The van der Waals surface area contributed by atoms with E-state index in [9.17, 15) is 4.79 Å². The molecule has 0 aromatic rings. The summed E-state index contributed by atoms with van der Waals surface area (Å²) in [4.78, 5) is 13.2. The Hall–Kier alpha value is -1.08. The minimum absolute atomic E-state index is 0.278. The summed E-state index contributed by atoms with van der Waals surface area (Å²) < 4.78 is 5.35. The van der Waals surface area contributed by atoms with Crippen LogP contribution in [0.5, 0.6) is 0 Å². The van der Waals surface area contributed by atoms with Crippen LogP contribution in [0.3, 0.4) is 0 Å². The highest BCUT2D eigenvalue weighted by molar-refractivity contribution is 5.32. The first-order valence-corrected chi connectivity index (χ1v) is 5.11. The highest BCUT2D eigenvalue weighted by Crippen LogP contribution is 2.06. The van der Waals surface area contributed by atoms with E-state index in [0.29, 0.717) is 6.54 Å². The summed E-state index contributed by atoms with van der Waals surface area (Å²) in [5.41, 5.74) is 0. The summed E-state index contributed by atoms with van der Waals surface area (Å²) in [5.74, 6) is 0. The van der Waals surface area contributed by atoms with E-state index < -0.39 is 0 Å². The van der Waals surface area contributed by atoms with Gasteiger partial charge in [-0.25, -0.2) is 9.79 Å². The number of ether oxygens (including phenoxy) is 1. The standard InChI is InChI=1S/C11H19NO2/c1-3-9-14-11(2)7-5-4-6-8-12-10-13/h3,9,11H,4-8H2,1-2H3. The van der Waals surface area contributed by atoms with Gasteiger partial charge in [0, 0.05) is 0 Å². The Morgan fingerprint density at radius 2 is 2.21 bits per heavy atom. The number of unbranched alkanes of at least 4 members (excludes halogenated alkanes) is 2. The number of aliphatic imine (C=N–C) groups is 1. The zero-order chi connectivity index (χ0) is 10.6. The van der Waals surface area contributed by atoms with Crippen molar-refractivity contribution in [3.05, 3.63) is 12.3 Å². The van der Waals surface area contributed by atoms with E-state index in [1.54, 1.807) is 6.26 Å². The molecule has 14 heavy (non-hydrogen) atoms. The maximum Gasteiger partial charge on any atom is 0.234 e. The molecule has 1 unspecified atom stereocenters. The molecule has 0 heterocycles. The monoisotopic (exact) mass is 197 g/mol. The van der Waals surface area contributed by atoms with Crippen LogP contribution in [0.1, 0.15) is 39.5 Å². The van der Waals surface area contributed by atoms with Gasteiger partial charge in [-0.1, -0.05) is 12.5 Å². The summed E-state index contributed by atoms with van der Waals surface area (Å²) in [6.07, 6.45) is 9.65. The third-order valence-electron chi connectivity index (χ3n) is 1.89. The van der Waals surface area contributed by atoms with Gasteiger partial charge < -0.3 is 4.74 Å². The van der Waals surface area contributed by atoms with Gasteiger partial charge in [-0.15, -0.1) is 0 Å². The van der Waals surface area contributed by atoms with Gasteiger partial charge in [-0.3, -0.25) is 0 Å². The van der Waals surface area contributed by atoms with Gasteiger partial charge in [0.2, 0.25) is 6.08 Å². The molecule has 0 fully saturated rings. The second-order valence-corrected chi connectivity index (χ2v) is 3.24. The SMILES string of the molecule is CC=COC(C)CCCCCN=C=O. The Morgan fingerprint density at radius 3 is 2.86 bits per heavy atom. The first-order chi connectivity index (χ1) is 6.81. The molecule has 0 spiro atoms. The lowest BCUT2D eigenvalue weighted by Gasteiger charge is -2.10. The molecular weight excluding hydrogens is 178 g/mol. The Morgan fingerprint density at radius 1 is 1.43 bits per heavy atom. The Bertz CT molecular complexity index is 195. The fourth-order valence-electron chi connectivity index (χ4n) is 1.13. The number of hydrogen-bond acceptors (Lipinski definition) is 3. The molecule has 0 radical (unpaired) electrons. The third kappa shape index (κ3) is 9.01. The predicted octanol–water partition coefficient (Wildman–Crippen LogP) is 2.82. The van der Waals surface area contributed by atoms with Gasteiger partial charge in [0.15, 0.2) is 0 Å². The zero-order valence-corrected chi connectivity index (χ0v) is 9.03. The second kappa shape index (κ2) is 10.0. The number of hydrogen-bond donors (Lipinski definition) is 0. The van der Waals surface area contributed by atoms with Gasteiger partial charge in [-0.2, -0.15) is 0 Å². The molecule has 0 aliphatic rings. The molecule has 0 aliphatic heterocycles. The van der Waals surface area contributed by atoms with Crippen LogP contribution in [-0.2, 0) is 9.53 Å². The lowest BCUT2D eigenvalue weighted by atomic mass is 10.1. The number of allylic oxidation sites excluding steroid dienone is 1. The van der Waals surface area contributed by atoms with Crippen molar-refractivity contribution in [1.82, 2.24) is 0 Å². The second-order valence-electron chi connectivity index (χ2n) is 3.24. The molecule has 0 aliphatic carbocycles. The van der Waals surface area contributed by atoms with E-state index >= 15 is 0 Å². The molecule has 0 aromatic carbocycles. The van der Waals surface area contributed by atoms with E-state index in [4.69, 9.17) is 4.74 Å². The van der Waals surface area contributed by atoms with Crippen molar-refractivity contribution in [3.8, 4) is 0 Å². The lowest BCUT2D eigenvalue weighted by Crippen LogP contribution is -2.03. The topological polar surface area (TPSA) is 38.7 Å². The predicted molar refractivity (Wildman–Crippen MR) is 56.8 cm³/mol. The lowest BCUT2D eigenvalue weighted by molar-refractivity contribution is 0.149. The average molecular weight is 197 g/mol. The van der Waals surface area contributed by atoms with Gasteiger partial charge in [-0.05, 0) is 33.1 Å². The maximum atomic E-state index is 9.74. The van der Waals surface area contributed by atoms with Crippen LogP contribution in [0.15, 0.2) is 17.3 Å². The van der Waals surface area contributed by atoms with Gasteiger partial charge >= 0.3 is 0 Å². The van der Waals surface area contributed by atoms with Gasteiger partial charge in [0.05, 0.1) is 18.9 Å². The first kappa shape index (κ1) is 12.9. The molecule has 0 aromatic heterocycles. The van der Waals surface area contributed by atoms with Crippen LogP contribution in [0.2, 0.25) is 0 Å². The van der Waals surface area contributed by atoms with Crippen molar-refractivity contribution in [2.45, 2.75) is 45.6 Å². The minimum Gasteiger partial charge on any atom is -0.499 e. The van der Waals surface area contributed by atoms with Gasteiger partial charge in [0.1, 0.15) is 0 Å². The molecule has 3 nitrogen and oxygen atoms in total. The summed E-state index contributed by atoms with van der Waals surface area (Å²) in [5, 5.41) is 0. The van der Waals surface area contributed by atoms with Crippen LogP contribution >= 0.6 is 0 Å². The fourth-order valence-corrected chi connectivity index (χ4v) is 1.13. The zero-order valence-electron chi connectivity index (χ0n) is 9.03. The Labute approximate surface area is 85.9 Å². The quantitative estimate of drug-likeness (QED) is 0.260. The van der Waals surface area contributed by atoms with Gasteiger partial charge in [0.25, 0.3) is 0 Å². The van der Waals surface area contributed by atoms with Crippen LogP contribution < -0.4 is 0 Å². The molecule has 3 heteroatoms. The number of carbonyl (C=O) groups excluding carboxylic acids is 1. The summed E-state index contributed by atoms with van der Waals surface area (Å²) in [6.45, 7) is 4.60. The number of rotatable bonds is 8. The minimum atomic E-state index is 0.278. The number of isocyanates is 1. The van der Waals surface area contributed by atoms with Crippen molar-refractivity contribution in [2.24, 2.45) is 4.99 Å². The van der Waals surface area contributed by atoms with E-state index in [1.807, 2.05) is 13.0 Å². The molecule has 0 bridgehead atoms. The molecule has 80 valence electrons. The molecule has 0 N–H and O–H groups in total. The number of nitrogens with zero attached hydrogens (tertiary/aromatic N) is 1. The first-order valence-electron chi connectivity index (χ1n) is 5.11. The summed E-state index contributed by atoms with van der Waals surface area (Å²) in [6, 6.07) is 0. The summed E-state index contributed by atoms with van der Waals surface area (Å²) >= 11 is 0. The molecule has 0 saturated carbocycles. The van der Waals surface area contributed by atoms with Crippen molar-refractivity contribution in [2.75, 3.05) is 6.54 Å². The fraction of sp³-hybridized carbons (Fsp3) is 0.727. The molecule has 0 amide bonds. The molecule has 0 rings (SSSR count). The highest BCUT2D eigenvalue weighted by atomic mass is 16.5. The van der Waals surface area contributed by atoms with Crippen molar-refractivity contribution < 1.29 is 9.53 Å². The average Bonchev–Trinajstić information content (AvgIpc) is 2.20. The van der Waals surface area contributed by atoms with Crippen LogP contribution in [0.25, 0.3) is 0 Å². The normalized spacial score (nSPS) is 12.4. The smallest absolute Gasteiger partial charge is 0.234 e. The van der Waals surface area contributed by atoms with Crippen molar-refractivity contribution in [1.29, 1.82) is 0 Å². The van der Waals surface area contributed by atoms with Crippen LogP contribution in [-0.4, -0.2) is 18.7 Å². The Kier molecular flexibility index (Phi) is 9.23. The van der Waals surface area contributed by atoms with Crippen LogP contribution in [0, 0.1) is 0 Å². The van der Waals surface area contributed by atoms with Crippen molar-refractivity contribution in [3.63, 3.8) is 0 Å². The molecule has 0 saturated heterocycles. The summed E-state index contributed by atoms with van der Waals surface area (Å²) in [7, 11) is 0. The van der Waals surface area contributed by atoms with E-state index in [2.05, 4.69) is 11.9 Å². The van der Waals surface area contributed by atoms with Crippen LogP contribution in [0.4, 0.5) is 0 Å².